The van der Waals surface area contributed by atoms with Crippen LogP contribution in [0.2, 0.25) is 0 Å². The van der Waals surface area contributed by atoms with Crippen molar-refractivity contribution in [2.24, 2.45) is 5.92 Å². The van der Waals surface area contributed by atoms with E-state index in [2.05, 4.69) is 9.97 Å². The van der Waals surface area contributed by atoms with E-state index in [1.54, 1.807) is 37.6 Å². The molecule has 1 aliphatic heterocycles. The molecular weight excluding hydrogens is 398 g/mol. The van der Waals surface area contributed by atoms with Crippen molar-refractivity contribution in [3.8, 4) is 16.5 Å². The molecule has 2 aromatic heterocycles. The van der Waals surface area contributed by atoms with Gasteiger partial charge >= 0.3 is 0 Å². The molecule has 3 heterocycles. The van der Waals surface area contributed by atoms with Crippen LogP contribution in [0.4, 0.5) is 0 Å². The molecule has 3 aromatic rings. The van der Waals surface area contributed by atoms with E-state index in [1.807, 2.05) is 28.5 Å². The summed E-state index contributed by atoms with van der Waals surface area (Å²) in [4.78, 5) is 36.2. The fourth-order valence-electron chi connectivity index (χ4n) is 3.64. The lowest BCUT2D eigenvalue weighted by Gasteiger charge is -2.31. The standard InChI is InChI=1S/C23H23N3O3S/c1-29-19-7-5-16(6-8-19)22(28)17-9-12-26(13-10-17)21(27)14-18-15-30-23(25-18)20-4-2-3-11-24-20/h2-8,11,15,17H,9-10,12-14H2,1H3. The van der Waals surface area contributed by atoms with Gasteiger partial charge in [-0.1, -0.05) is 6.07 Å². The van der Waals surface area contributed by atoms with Crippen LogP contribution in [-0.4, -0.2) is 46.8 Å². The van der Waals surface area contributed by atoms with Crippen molar-refractivity contribution < 1.29 is 14.3 Å². The molecule has 1 saturated heterocycles. The normalized spacial score (nSPS) is 14.5. The summed E-state index contributed by atoms with van der Waals surface area (Å²) in [5.41, 5.74) is 2.28. The number of hydrogen-bond donors (Lipinski definition) is 0. The quantitative estimate of drug-likeness (QED) is 0.565. The number of ketones is 1. The van der Waals surface area contributed by atoms with Crippen LogP contribution in [0.5, 0.6) is 5.75 Å². The third kappa shape index (κ3) is 4.57. The van der Waals surface area contributed by atoms with Crippen molar-refractivity contribution >= 4 is 23.0 Å². The number of carbonyl (C=O) groups is 2. The number of ether oxygens (including phenoxy) is 1. The van der Waals surface area contributed by atoms with Crippen LogP contribution in [-0.2, 0) is 11.2 Å². The molecule has 1 amide bonds. The average molecular weight is 422 g/mol. The summed E-state index contributed by atoms with van der Waals surface area (Å²) >= 11 is 1.50. The van der Waals surface area contributed by atoms with Crippen molar-refractivity contribution in [2.45, 2.75) is 19.3 Å². The molecule has 0 radical (unpaired) electrons. The Morgan fingerprint density at radius 1 is 1.13 bits per heavy atom. The van der Waals surface area contributed by atoms with Crippen LogP contribution in [0.15, 0.2) is 54.0 Å². The molecule has 0 bridgehead atoms. The lowest BCUT2D eigenvalue weighted by molar-refractivity contribution is -0.131. The van der Waals surface area contributed by atoms with Crippen LogP contribution in [0, 0.1) is 5.92 Å². The van der Waals surface area contributed by atoms with Gasteiger partial charge < -0.3 is 9.64 Å². The first kappa shape index (κ1) is 20.2. The minimum absolute atomic E-state index is 0.0440. The number of carbonyl (C=O) groups excluding carboxylic acids is 2. The van der Waals surface area contributed by atoms with E-state index in [0.29, 0.717) is 31.5 Å². The maximum atomic E-state index is 12.7. The van der Waals surface area contributed by atoms with E-state index in [0.717, 1.165) is 22.1 Å². The van der Waals surface area contributed by atoms with E-state index in [1.165, 1.54) is 11.3 Å². The van der Waals surface area contributed by atoms with Crippen molar-refractivity contribution in [1.82, 2.24) is 14.9 Å². The topological polar surface area (TPSA) is 72.4 Å². The van der Waals surface area contributed by atoms with E-state index in [4.69, 9.17) is 4.74 Å². The van der Waals surface area contributed by atoms with E-state index < -0.39 is 0 Å². The van der Waals surface area contributed by atoms with Gasteiger partial charge in [-0.3, -0.25) is 14.6 Å². The van der Waals surface area contributed by atoms with Gasteiger partial charge in [0.2, 0.25) is 5.91 Å². The zero-order chi connectivity index (χ0) is 20.9. The fraction of sp³-hybridized carbons (Fsp3) is 0.304. The predicted molar refractivity (Wildman–Crippen MR) is 116 cm³/mol. The molecule has 0 spiro atoms. The van der Waals surface area contributed by atoms with Crippen molar-refractivity contribution in [1.29, 1.82) is 0 Å². The molecule has 0 saturated carbocycles. The number of amides is 1. The summed E-state index contributed by atoms with van der Waals surface area (Å²) in [6, 6.07) is 12.9. The molecule has 30 heavy (non-hydrogen) atoms. The van der Waals surface area contributed by atoms with Crippen LogP contribution in [0.25, 0.3) is 10.7 Å². The number of aromatic nitrogens is 2. The van der Waals surface area contributed by atoms with E-state index in [9.17, 15) is 9.59 Å². The van der Waals surface area contributed by atoms with Gasteiger partial charge in [-0.25, -0.2) is 4.98 Å². The molecule has 7 heteroatoms. The van der Waals surface area contributed by atoms with Crippen LogP contribution < -0.4 is 4.74 Å². The molecule has 0 unspecified atom stereocenters. The van der Waals surface area contributed by atoms with Crippen LogP contribution in [0.3, 0.4) is 0 Å². The van der Waals surface area contributed by atoms with Crippen molar-refractivity contribution in [3.63, 3.8) is 0 Å². The molecular formula is C23H23N3O3S. The zero-order valence-corrected chi connectivity index (χ0v) is 17.6. The highest BCUT2D eigenvalue weighted by molar-refractivity contribution is 7.13. The lowest BCUT2D eigenvalue weighted by atomic mass is 9.88. The number of likely N-dealkylation sites (tertiary alicyclic amines) is 1. The highest BCUT2D eigenvalue weighted by atomic mass is 32.1. The number of thiazole rings is 1. The largest absolute Gasteiger partial charge is 0.497 e. The van der Waals surface area contributed by atoms with E-state index in [-0.39, 0.29) is 24.0 Å². The number of pyridine rings is 1. The molecule has 0 aliphatic carbocycles. The maximum absolute atomic E-state index is 12.7. The first-order chi connectivity index (χ1) is 14.6. The Morgan fingerprint density at radius 3 is 2.57 bits per heavy atom. The maximum Gasteiger partial charge on any atom is 0.228 e. The molecule has 1 fully saturated rings. The number of piperidine rings is 1. The Bertz CT molecular complexity index is 1010. The Morgan fingerprint density at radius 2 is 1.90 bits per heavy atom. The second-order valence-corrected chi connectivity index (χ2v) is 8.14. The number of methoxy groups -OCH3 is 1. The summed E-state index contributed by atoms with van der Waals surface area (Å²) in [6.07, 6.45) is 3.39. The minimum atomic E-state index is -0.0440. The third-order valence-corrected chi connectivity index (χ3v) is 6.27. The van der Waals surface area contributed by atoms with E-state index >= 15 is 0 Å². The lowest BCUT2D eigenvalue weighted by Crippen LogP contribution is -2.41. The first-order valence-corrected chi connectivity index (χ1v) is 10.8. The number of rotatable bonds is 6. The van der Waals surface area contributed by atoms with Crippen molar-refractivity contribution in [3.05, 3.63) is 65.3 Å². The van der Waals surface area contributed by atoms with Gasteiger partial charge in [-0.05, 0) is 49.2 Å². The molecule has 0 N–H and O–H groups in total. The second kappa shape index (κ2) is 9.17. The Labute approximate surface area is 179 Å². The SMILES string of the molecule is COc1ccc(C(=O)C2CCN(C(=O)Cc3csc(-c4ccccn4)n3)CC2)cc1. The van der Waals surface area contributed by atoms with Gasteiger partial charge in [-0.15, -0.1) is 11.3 Å². The second-order valence-electron chi connectivity index (χ2n) is 7.28. The zero-order valence-electron chi connectivity index (χ0n) is 16.8. The van der Waals surface area contributed by atoms with Gasteiger partial charge in [0, 0.05) is 36.1 Å². The van der Waals surface area contributed by atoms with Crippen LogP contribution >= 0.6 is 11.3 Å². The monoisotopic (exact) mass is 421 g/mol. The molecule has 6 nitrogen and oxygen atoms in total. The number of Topliss-reactive ketones (excluding diaryl/α,β-unsaturated/α-hetero) is 1. The average Bonchev–Trinajstić information content (AvgIpc) is 3.28. The molecule has 4 rings (SSSR count). The molecule has 1 aliphatic rings. The summed E-state index contributed by atoms with van der Waals surface area (Å²) in [6.45, 7) is 1.20. The van der Waals surface area contributed by atoms with Gasteiger partial charge in [0.1, 0.15) is 10.8 Å². The summed E-state index contributed by atoms with van der Waals surface area (Å²) in [7, 11) is 1.61. The van der Waals surface area contributed by atoms with Gasteiger partial charge in [0.25, 0.3) is 0 Å². The van der Waals surface area contributed by atoms with Gasteiger partial charge in [0.15, 0.2) is 5.78 Å². The minimum Gasteiger partial charge on any atom is -0.497 e. The highest BCUT2D eigenvalue weighted by Crippen LogP contribution is 2.25. The first-order valence-electron chi connectivity index (χ1n) is 9.96. The molecule has 154 valence electrons. The summed E-state index contributed by atoms with van der Waals surface area (Å²) in [5.74, 6) is 0.894. The summed E-state index contributed by atoms with van der Waals surface area (Å²) in [5, 5.41) is 2.74. The third-order valence-electron chi connectivity index (χ3n) is 5.36. The van der Waals surface area contributed by atoms with Gasteiger partial charge in [0.05, 0.1) is 24.9 Å². The molecule has 0 atom stereocenters. The Hall–Kier alpha value is -3.06. The Balaban J connectivity index is 1.31. The molecule has 1 aromatic carbocycles. The van der Waals surface area contributed by atoms with Crippen molar-refractivity contribution in [2.75, 3.05) is 20.2 Å². The smallest absolute Gasteiger partial charge is 0.228 e. The summed E-state index contributed by atoms with van der Waals surface area (Å²) < 4.78 is 5.15. The predicted octanol–water partition coefficient (Wildman–Crippen LogP) is 3.88. The number of nitrogens with zero attached hydrogens (tertiary/aromatic N) is 3. The highest BCUT2D eigenvalue weighted by Gasteiger charge is 2.28. The fourth-order valence-corrected chi connectivity index (χ4v) is 4.44. The van der Waals surface area contributed by atoms with Crippen LogP contribution in [0.1, 0.15) is 28.9 Å². The Kier molecular flexibility index (Phi) is 6.18. The van der Waals surface area contributed by atoms with Gasteiger partial charge in [-0.2, -0.15) is 0 Å². The number of hydrogen-bond acceptors (Lipinski definition) is 6. The number of benzene rings is 1.